The minimum absolute atomic E-state index is 0.144. The number of benzene rings is 3. The highest BCUT2D eigenvalue weighted by atomic mass is 127. The van der Waals surface area contributed by atoms with E-state index < -0.39 is 4.92 Å². The fraction of sp³-hybridized carbons (Fsp3) is 0.212. The maximum Gasteiger partial charge on any atom is 0.287 e. The van der Waals surface area contributed by atoms with Crippen molar-refractivity contribution in [3.8, 4) is 34.5 Å². The van der Waals surface area contributed by atoms with Gasteiger partial charge in [-0.05, 0) is 95.4 Å². The zero-order chi connectivity index (χ0) is 32.2. The molecule has 0 saturated carbocycles. The number of hydrogen-bond acceptors (Lipinski definition) is 9. The molecule has 0 spiro atoms. The molecule has 2 heterocycles. The van der Waals surface area contributed by atoms with Crippen LogP contribution in [-0.2, 0) is 0 Å². The molecule has 0 fully saturated rings. The molecule has 11 nitrogen and oxygen atoms in total. The molecular formula is C33H30IN5O6. The molecule has 0 saturated heterocycles. The highest BCUT2D eigenvalue weighted by Crippen LogP contribution is 2.37. The maximum atomic E-state index is 13.8. The third kappa shape index (κ3) is 6.65. The van der Waals surface area contributed by atoms with Crippen molar-refractivity contribution in [1.82, 2.24) is 14.6 Å². The van der Waals surface area contributed by atoms with Crippen LogP contribution in [0.2, 0.25) is 0 Å². The summed E-state index contributed by atoms with van der Waals surface area (Å²) in [7, 11) is 1.50. The van der Waals surface area contributed by atoms with Crippen LogP contribution in [0.1, 0.15) is 43.4 Å². The van der Waals surface area contributed by atoms with Crippen LogP contribution in [0.25, 0.3) is 22.3 Å². The lowest BCUT2D eigenvalue weighted by molar-refractivity contribution is -0.385. The summed E-state index contributed by atoms with van der Waals surface area (Å²) >= 11 is 2.10. The molecule has 0 radical (unpaired) electrons. The summed E-state index contributed by atoms with van der Waals surface area (Å²) in [5.74, 6) is 2.32. The Bertz CT molecular complexity index is 1990. The van der Waals surface area contributed by atoms with Gasteiger partial charge in [0.25, 0.3) is 11.2 Å². The number of hydrogen-bond donors (Lipinski definition) is 0. The lowest BCUT2D eigenvalue weighted by Crippen LogP contribution is -2.21. The quantitative estimate of drug-likeness (QED) is 0.0629. The second-order valence-corrected chi connectivity index (χ2v) is 11.5. The van der Waals surface area contributed by atoms with Crippen molar-refractivity contribution in [2.24, 2.45) is 5.10 Å². The van der Waals surface area contributed by atoms with Crippen molar-refractivity contribution in [3.63, 3.8) is 0 Å². The molecule has 0 amide bonds. The summed E-state index contributed by atoms with van der Waals surface area (Å²) in [6.45, 7) is 8.64. The lowest BCUT2D eigenvalue weighted by Gasteiger charge is -2.18. The molecule has 0 aliphatic carbocycles. The van der Waals surface area contributed by atoms with E-state index in [0.29, 0.717) is 44.0 Å². The third-order valence-electron chi connectivity index (χ3n) is 6.99. The Labute approximate surface area is 272 Å². The average molecular weight is 720 g/mol. The summed E-state index contributed by atoms with van der Waals surface area (Å²) in [4.78, 5) is 33.2. The molecule has 5 aromatic rings. The van der Waals surface area contributed by atoms with Gasteiger partial charge in [-0.25, -0.2) is 9.97 Å². The number of para-hydroxylation sites is 1. The molecule has 0 aliphatic heterocycles. The normalized spacial score (nSPS) is 11.4. The van der Waals surface area contributed by atoms with Crippen molar-refractivity contribution in [2.75, 3.05) is 13.7 Å². The zero-order valence-electron chi connectivity index (χ0n) is 25.3. The number of fused-ring (bicyclic) bond motifs is 1. The monoisotopic (exact) mass is 719 g/mol. The number of aryl methyl sites for hydroxylation is 1. The van der Waals surface area contributed by atoms with Crippen LogP contribution < -0.4 is 19.8 Å². The fourth-order valence-electron chi connectivity index (χ4n) is 4.76. The number of halogens is 1. The molecule has 0 aliphatic rings. The summed E-state index contributed by atoms with van der Waals surface area (Å²) in [5.41, 5.74) is 3.43. The summed E-state index contributed by atoms with van der Waals surface area (Å²) < 4.78 is 19.4. The molecule has 2 aromatic heterocycles. The van der Waals surface area contributed by atoms with E-state index in [2.05, 4.69) is 46.5 Å². The topological polar surface area (TPSA) is 131 Å². The van der Waals surface area contributed by atoms with Gasteiger partial charge in [-0.3, -0.25) is 14.9 Å². The number of ether oxygens (including phenoxy) is 3. The molecule has 45 heavy (non-hydrogen) atoms. The standard InChI is InChI=1S/C33H30IN5O6/c1-6-44-28-13-20(4)25(16-24(28)19(2)3)32-37-27-10-8-7-9-23(27)33(40)38(32)36-17-21-14-26(34)31(29(15-21)43-5)45-30-12-11-22(18-35-30)39(41)42/h7-19H,6H2,1-5H3. The Hall–Kier alpha value is -4.85. The van der Waals surface area contributed by atoms with Crippen molar-refractivity contribution >= 4 is 45.4 Å². The van der Waals surface area contributed by atoms with Gasteiger partial charge >= 0.3 is 0 Å². The number of pyridine rings is 1. The highest BCUT2D eigenvalue weighted by molar-refractivity contribution is 14.1. The Morgan fingerprint density at radius 2 is 1.89 bits per heavy atom. The van der Waals surface area contributed by atoms with Gasteiger partial charge < -0.3 is 14.2 Å². The highest BCUT2D eigenvalue weighted by Gasteiger charge is 2.19. The predicted molar refractivity (Wildman–Crippen MR) is 181 cm³/mol. The van der Waals surface area contributed by atoms with Crippen molar-refractivity contribution in [2.45, 2.75) is 33.6 Å². The minimum atomic E-state index is -0.530. The van der Waals surface area contributed by atoms with Crippen LogP contribution in [0.15, 0.2) is 76.8 Å². The largest absolute Gasteiger partial charge is 0.494 e. The second kappa shape index (κ2) is 13.4. The molecule has 3 aromatic carbocycles. The Morgan fingerprint density at radius 1 is 1.11 bits per heavy atom. The Kier molecular flexibility index (Phi) is 9.42. The van der Waals surface area contributed by atoms with E-state index in [1.54, 1.807) is 24.4 Å². The van der Waals surface area contributed by atoms with E-state index in [1.807, 2.05) is 44.2 Å². The number of rotatable bonds is 10. The van der Waals surface area contributed by atoms with Gasteiger partial charge in [0.1, 0.15) is 11.9 Å². The van der Waals surface area contributed by atoms with Gasteiger partial charge in [-0.1, -0.05) is 26.0 Å². The van der Waals surface area contributed by atoms with Crippen molar-refractivity contribution in [1.29, 1.82) is 0 Å². The van der Waals surface area contributed by atoms with Crippen molar-refractivity contribution in [3.05, 3.63) is 108 Å². The first-order valence-electron chi connectivity index (χ1n) is 14.1. The van der Waals surface area contributed by atoms with Crippen molar-refractivity contribution < 1.29 is 19.1 Å². The van der Waals surface area contributed by atoms with Crippen LogP contribution in [0.5, 0.6) is 23.1 Å². The molecule has 0 bridgehead atoms. The predicted octanol–water partition coefficient (Wildman–Crippen LogP) is 7.48. The number of nitro groups is 1. The first-order chi connectivity index (χ1) is 21.6. The van der Waals surface area contributed by atoms with Gasteiger partial charge in [-0.2, -0.15) is 9.78 Å². The maximum absolute atomic E-state index is 13.8. The summed E-state index contributed by atoms with van der Waals surface area (Å²) in [5, 5.41) is 16.1. The number of nitrogens with zero attached hydrogens (tertiary/aromatic N) is 5. The second-order valence-electron chi connectivity index (χ2n) is 10.4. The number of methoxy groups -OCH3 is 1. The number of aromatic nitrogens is 3. The molecule has 5 rings (SSSR count). The van der Waals surface area contributed by atoms with E-state index in [-0.39, 0.29) is 23.0 Å². The van der Waals surface area contributed by atoms with E-state index in [0.717, 1.165) is 28.6 Å². The lowest BCUT2D eigenvalue weighted by atomic mass is 9.96. The van der Waals surface area contributed by atoms with Crippen LogP contribution >= 0.6 is 22.6 Å². The molecule has 230 valence electrons. The van der Waals surface area contributed by atoms with Gasteiger partial charge in [0.2, 0.25) is 5.88 Å². The van der Waals surface area contributed by atoms with E-state index >= 15 is 0 Å². The van der Waals surface area contributed by atoms with Gasteiger partial charge in [-0.15, -0.1) is 0 Å². The molecule has 0 N–H and O–H groups in total. The zero-order valence-corrected chi connectivity index (χ0v) is 27.4. The average Bonchev–Trinajstić information content (AvgIpc) is 3.02. The molecular weight excluding hydrogens is 689 g/mol. The smallest absolute Gasteiger partial charge is 0.287 e. The van der Waals surface area contributed by atoms with Crippen LogP contribution in [0.3, 0.4) is 0 Å². The Balaban J connectivity index is 1.60. The first kappa shape index (κ1) is 31.6. The van der Waals surface area contributed by atoms with Crippen LogP contribution in [0.4, 0.5) is 5.69 Å². The molecule has 12 heteroatoms. The van der Waals surface area contributed by atoms with Gasteiger partial charge in [0, 0.05) is 17.7 Å². The van der Waals surface area contributed by atoms with Crippen LogP contribution in [0, 0.1) is 20.6 Å². The van der Waals surface area contributed by atoms with Gasteiger partial charge in [0.05, 0.1) is 39.3 Å². The third-order valence-corrected chi connectivity index (χ3v) is 7.79. The van der Waals surface area contributed by atoms with E-state index in [1.165, 1.54) is 23.9 Å². The fourth-order valence-corrected chi connectivity index (χ4v) is 5.49. The first-order valence-corrected chi connectivity index (χ1v) is 15.2. The van der Waals surface area contributed by atoms with E-state index in [9.17, 15) is 14.9 Å². The Morgan fingerprint density at radius 3 is 2.56 bits per heavy atom. The SMILES string of the molecule is CCOc1cc(C)c(-c2nc3ccccc3c(=O)n2N=Cc2cc(I)c(Oc3ccc([N+](=O)[O-])cn3)c(OC)c2)cc1C(C)C. The minimum Gasteiger partial charge on any atom is -0.494 e. The molecule has 0 unspecified atom stereocenters. The van der Waals surface area contributed by atoms with E-state index in [4.69, 9.17) is 19.2 Å². The van der Waals surface area contributed by atoms with Gasteiger partial charge in [0.15, 0.2) is 17.3 Å². The summed E-state index contributed by atoms with van der Waals surface area (Å²) in [6.07, 6.45) is 2.69. The summed E-state index contributed by atoms with van der Waals surface area (Å²) in [6, 6.07) is 17.4. The molecule has 0 atom stereocenters. The van der Waals surface area contributed by atoms with Crippen LogP contribution in [-0.4, -0.2) is 39.5 Å².